The predicted octanol–water partition coefficient (Wildman–Crippen LogP) is 17.7. The van der Waals surface area contributed by atoms with Crippen LogP contribution < -0.4 is 0 Å². The first kappa shape index (κ1) is 75.2. The van der Waals surface area contributed by atoms with E-state index in [9.17, 15) is 34.5 Å². The van der Waals surface area contributed by atoms with Gasteiger partial charge in [-0.2, -0.15) is 0 Å². The second-order valence-electron chi connectivity index (χ2n) is 22.4. The lowest BCUT2D eigenvalue weighted by Crippen LogP contribution is -2.61. The number of ether oxygens (including phenoxy) is 5. The van der Waals surface area contributed by atoms with Gasteiger partial charge in [0.2, 0.25) is 0 Å². The van der Waals surface area contributed by atoms with Gasteiger partial charge in [0.15, 0.2) is 24.6 Å². The summed E-state index contributed by atoms with van der Waals surface area (Å²) >= 11 is 0. The number of allylic oxidation sites excluding steroid dienone is 12. The maximum absolute atomic E-state index is 13.2. The number of hydrogen-bond donors (Lipinski definition) is 3. The quantitative estimate of drug-likeness (QED) is 0.0228. The van der Waals surface area contributed by atoms with Crippen LogP contribution in [-0.2, 0) is 42.9 Å². The van der Waals surface area contributed by atoms with Crippen molar-refractivity contribution in [3.8, 4) is 0 Å². The highest BCUT2D eigenvalue weighted by molar-refractivity contribution is 5.74. The number of carboxylic acid groups (broad SMARTS) is 1. The molecule has 12 heteroatoms. The van der Waals surface area contributed by atoms with E-state index in [4.69, 9.17) is 23.7 Å². The zero-order valence-electron chi connectivity index (χ0n) is 51.5. The van der Waals surface area contributed by atoms with E-state index in [0.29, 0.717) is 19.3 Å². The summed E-state index contributed by atoms with van der Waals surface area (Å²) in [6.45, 7) is 5.86. The van der Waals surface area contributed by atoms with Crippen LogP contribution in [0.4, 0.5) is 0 Å². The molecule has 0 spiro atoms. The molecule has 1 aliphatic rings. The zero-order chi connectivity index (χ0) is 58.9. The molecule has 0 radical (unpaired) electrons. The Kier molecular flexibility index (Phi) is 52.6. The number of rotatable bonds is 56. The van der Waals surface area contributed by atoms with Crippen LogP contribution in [0.3, 0.4) is 0 Å². The lowest BCUT2D eigenvalue weighted by atomic mass is 9.98. The summed E-state index contributed by atoms with van der Waals surface area (Å²) in [5, 5.41) is 31.6. The van der Waals surface area contributed by atoms with Crippen LogP contribution in [0.25, 0.3) is 0 Å². The summed E-state index contributed by atoms with van der Waals surface area (Å²) < 4.78 is 28.5. The minimum Gasteiger partial charge on any atom is -0.479 e. The Balaban J connectivity index is 2.66. The van der Waals surface area contributed by atoms with Gasteiger partial charge in [-0.15, -0.1) is 0 Å². The summed E-state index contributed by atoms with van der Waals surface area (Å²) in [6.07, 6.45) is 60.1. The van der Waals surface area contributed by atoms with E-state index in [-0.39, 0.29) is 25.9 Å². The molecule has 81 heavy (non-hydrogen) atoms. The molecule has 0 bridgehead atoms. The van der Waals surface area contributed by atoms with Crippen LogP contribution in [-0.4, -0.2) is 89.2 Å². The number of aliphatic hydroxyl groups is 2. The third-order valence-electron chi connectivity index (χ3n) is 14.8. The first-order valence-electron chi connectivity index (χ1n) is 32.9. The number of carbonyl (C=O) groups is 4. The molecule has 1 fully saturated rings. The molecule has 1 heterocycles. The largest absolute Gasteiger partial charge is 0.479 e. The lowest BCUT2D eigenvalue weighted by Gasteiger charge is -2.40. The molecule has 0 saturated carbocycles. The van der Waals surface area contributed by atoms with Gasteiger partial charge in [0.1, 0.15) is 18.8 Å². The van der Waals surface area contributed by atoms with Crippen molar-refractivity contribution in [1.82, 2.24) is 0 Å². The van der Waals surface area contributed by atoms with Gasteiger partial charge in [0.25, 0.3) is 0 Å². The maximum Gasteiger partial charge on any atom is 0.335 e. The van der Waals surface area contributed by atoms with Crippen LogP contribution in [0.15, 0.2) is 72.9 Å². The molecule has 466 valence electrons. The Morgan fingerprint density at radius 1 is 0.420 bits per heavy atom. The topological polar surface area (TPSA) is 175 Å². The van der Waals surface area contributed by atoms with Gasteiger partial charge < -0.3 is 39.0 Å². The molecule has 1 rings (SSSR count). The lowest BCUT2D eigenvalue weighted by molar-refractivity contribution is -0.301. The van der Waals surface area contributed by atoms with Crippen molar-refractivity contribution in [3.63, 3.8) is 0 Å². The number of unbranched alkanes of at least 4 members (excludes halogenated alkanes) is 30. The second-order valence-corrected chi connectivity index (χ2v) is 22.4. The van der Waals surface area contributed by atoms with Crippen LogP contribution in [0.1, 0.15) is 290 Å². The summed E-state index contributed by atoms with van der Waals surface area (Å²) in [4.78, 5) is 51.3. The van der Waals surface area contributed by atoms with Gasteiger partial charge in [-0.1, -0.05) is 254 Å². The van der Waals surface area contributed by atoms with Gasteiger partial charge in [-0.05, 0) is 89.9 Å². The Labute approximate surface area is 493 Å². The van der Waals surface area contributed by atoms with E-state index >= 15 is 0 Å². The fraction of sp³-hybridized carbons (Fsp3) is 0.768. The van der Waals surface area contributed by atoms with Crippen molar-refractivity contribution in [2.75, 3.05) is 13.2 Å². The van der Waals surface area contributed by atoms with Crippen LogP contribution >= 0.6 is 0 Å². The molecule has 6 unspecified atom stereocenters. The molecule has 0 aromatic carbocycles. The van der Waals surface area contributed by atoms with Gasteiger partial charge in [-0.3, -0.25) is 14.4 Å². The highest BCUT2D eigenvalue weighted by Gasteiger charge is 2.50. The number of carboxylic acids is 1. The molecule has 1 aliphatic heterocycles. The smallest absolute Gasteiger partial charge is 0.335 e. The number of esters is 3. The highest BCUT2D eigenvalue weighted by atomic mass is 16.7. The van der Waals surface area contributed by atoms with Crippen LogP contribution in [0, 0.1) is 0 Å². The maximum atomic E-state index is 13.2. The molecule has 0 amide bonds. The summed E-state index contributed by atoms with van der Waals surface area (Å²) in [5.74, 6) is -3.17. The first-order valence-corrected chi connectivity index (χ1v) is 32.9. The standard InChI is InChI=1S/C69H118O12/c1-4-7-10-13-16-19-22-25-28-30-31-33-35-37-40-43-46-49-52-55-61(70)77-58-60(79-62(71)56-53-50-47-44-41-38-34-27-24-21-18-15-12-9-6-3)59-78-69-67(65(74)64(73)66(81-69)68(75)76)80-63(72)57-54-51-48-45-42-39-36-32-29-26-23-20-17-14-11-8-5-2/h9,12,17-18,20-21,26-27,29,34,41,44,60,64-67,69,73-74H,4-8,10-11,13-16,19,22-25,28,30-33,35-40,42-43,45-59H2,1-3H3,(H,75,76)/b12-9-,20-17-,21-18-,29-26-,34-27-,44-41-. The molecule has 3 N–H and O–H groups in total. The number of aliphatic hydroxyl groups excluding tert-OH is 2. The second kappa shape index (κ2) is 56.6. The van der Waals surface area contributed by atoms with Crippen molar-refractivity contribution in [2.24, 2.45) is 0 Å². The van der Waals surface area contributed by atoms with Gasteiger partial charge in [-0.25, -0.2) is 4.79 Å². The predicted molar refractivity (Wildman–Crippen MR) is 331 cm³/mol. The Hall–Kier alpha value is -3.84. The molecule has 12 nitrogen and oxygen atoms in total. The summed E-state index contributed by atoms with van der Waals surface area (Å²) in [7, 11) is 0. The molecular weight excluding hydrogens is 1020 g/mol. The normalized spacial score (nSPS) is 18.2. The van der Waals surface area contributed by atoms with Crippen LogP contribution in [0.2, 0.25) is 0 Å². The number of aliphatic carboxylic acids is 1. The SMILES string of the molecule is CC/C=C\C/C=C\C/C=C\C/C=C\CCCCC(=O)OC(COC(=O)CCCCCCCCCCCCCCCCCCCCC)COC1OC(C(=O)O)C(O)C(O)C1OC(=O)CCCCCCCCC/C=C\C/C=C\CCCCC. The fourth-order valence-corrected chi connectivity index (χ4v) is 9.74. The van der Waals surface area contributed by atoms with E-state index in [0.717, 1.165) is 116 Å². The molecule has 0 aromatic heterocycles. The fourth-order valence-electron chi connectivity index (χ4n) is 9.74. The minimum atomic E-state index is -1.91. The average Bonchev–Trinajstić information content (AvgIpc) is 3.53. The minimum absolute atomic E-state index is 0.0459. The summed E-state index contributed by atoms with van der Waals surface area (Å²) in [6, 6.07) is 0. The Morgan fingerprint density at radius 3 is 1.23 bits per heavy atom. The number of carbonyl (C=O) groups excluding carboxylic acids is 3. The highest BCUT2D eigenvalue weighted by Crippen LogP contribution is 2.27. The van der Waals surface area contributed by atoms with Gasteiger partial charge >= 0.3 is 23.9 Å². The monoisotopic (exact) mass is 1140 g/mol. The van der Waals surface area contributed by atoms with E-state index in [1.54, 1.807) is 0 Å². The Bertz CT molecular complexity index is 1680. The van der Waals surface area contributed by atoms with Crippen molar-refractivity contribution < 1.29 is 58.2 Å². The molecule has 0 aromatic rings. The Morgan fingerprint density at radius 2 is 0.778 bits per heavy atom. The molecular formula is C69H118O12. The van der Waals surface area contributed by atoms with E-state index < -0.39 is 67.3 Å². The first-order chi connectivity index (χ1) is 39.6. The van der Waals surface area contributed by atoms with E-state index in [1.165, 1.54) is 116 Å². The molecule has 1 saturated heterocycles. The van der Waals surface area contributed by atoms with E-state index in [1.807, 2.05) is 0 Å². The average molecular weight is 1140 g/mol. The van der Waals surface area contributed by atoms with Crippen molar-refractivity contribution in [1.29, 1.82) is 0 Å². The molecule has 6 atom stereocenters. The van der Waals surface area contributed by atoms with Gasteiger partial charge in [0, 0.05) is 19.3 Å². The molecule has 0 aliphatic carbocycles. The third kappa shape index (κ3) is 46.3. The summed E-state index contributed by atoms with van der Waals surface area (Å²) in [5.41, 5.74) is 0. The van der Waals surface area contributed by atoms with E-state index in [2.05, 4.69) is 93.7 Å². The number of hydrogen-bond acceptors (Lipinski definition) is 11. The van der Waals surface area contributed by atoms with Gasteiger partial charge in [0.05, 0.1) is 6.61 Å². The van der Waals surface area contributed by atoms with Crippen LogP contribution in [0.5, 0.6) is 0 Å². The zero-order valence-corrected chi connectivity index (χ0v) is 51.5. The van der Waals surface area contributed by atoms with Crippen molar-refractivity contribution >= 4 is 23.9 Å². The van der Waals surface area contributed by atoms with Crippen molar-refractivity contribution in [2.45, 2.75) is 327 Å². The third-order valence-corrected chi connectivity index (χ3v) is 14.8. The van der Waals surface area contributed by atoms with Crippen molar-refractivity contribution in [3.05, 3.63) is 72.9 Å².